The van der Waals surface area contributed by atoms with E-state index in [-0.39, 0.29) is 18.6 Å². The molecule has 0 aromatic heterocycles. The van der Waals surface area contributed by atoms with Gasteiger partial charge in [0.25, 0.3) is 0 Å². The minimum Gasteiger partial charge on any atom is -0.466 e. The third-order valence-corrected chi connectivity index (χ3v) is 4.98. The zero-order chi connectivity index (χ0) is 16.7. The van der Waals surface area contributed by atoms with E-state index in [1.807, 2.05) is 25.1 Å². The van der Waals surface area contributed by atoms with Gasteiger partial charge >= 0.3 is 5.97 Å². The van der Waals surface area contributed by atoms with Crippen molar-refractivity contribution in [3.05, 3.63) is 35.9 Å². The Labute approximate surface area is 139 Å². The average molecular weight is 319 g/mol. The topological polar surface area (TPSA) is 49.8 Å². The average Bonchev–Trinajstić information content (AvgIpc) is 2.58. The van der Waals surface area contributed by atoms with Gasteiger partial charge in [-0.3, -0.25) is 9.69 Å². The van der Waals surface area contributed by atoms with Crippen molar-refractivity contribution < 1.29 is 14.6 Å². The van der Waals surface area contributed by atoms with Crippen molar-refractivity contribution in [1.82, 2.24) is 4.90 Å². The van der Waals surface area contributed by atoms with E-state index in [4.69, 9.17) is 4.74 Å². The summed E-state index contributed by atoms with van der Waals surface area (Å²) in [5.41, 5.74) is 1.16. The van der Waals surface area contributed by atoms with Gasteiger partial charge in [-0.15, -0.1) is 0 Å². The van der Waals surface area contributed by atoms with Crippen molar-refractivity contribution in [2.24, 2.45) is 11.8 Å². The molecule has 0 amide bonds. The largest absolute Gasteiger partial charge is 0.466 e. The Morgan fingerprint density at radius 1 is 1.30 bits per heavy atom. The van der Waals surface area contributed by atoms with Crippen LogP contribution >= 0.6 is 0 Å². The number of carbonyl (C=O) groups excluding carboxylic acids is 1. The van der Waals surface area contributed by atoms with Crippen LogP contribution in [0.5, 0.6) is 0 Å². The molecular weight excluding hydrogens is 290 g/mol. The first-order valence-electron chi connectivity index (χ1n) is 8.75. The molecule has 23 heavy (non-hydrogen) atoms. The van der Waals surface area contributed by atoms with Gasteiger partial charge < -0.3 is 9.84 Å². The summed E-state index contributed by atoms with van der Waals surface area (Å²) in [5.74, 6) is 0.794. The molecule has 2 rings (SSSR count). The van der Waals surface area contributed by atoms with Crippen LogP contribution in [0, 0.1) is 11.8 Å². The molecule has 4 nitrogen and oxygen atoms in total. The molecular formula is C19H29NO3. The predicted octanol–water partition coefficient (Wildman–Crippen LogP) is 3.02. The molecule has 0 spiro atoms. The van der Waals surface area contributed by atoms with Crippen molar-refractivity contribution in [3.8, 4) is 0 Å². The second-order valence-electron chi connectivity index (χ2n) is 6.33. The lowest BCUT2D eigenvalue weighted by Gasteiger charge is -2.41. The molecule has 1 aromatic carbocycles. The molecule has 1 aliphatic rings. The predicted molar refractivity (Wildman–Crippen MR) is 91.0 cm³/mol. The summed E-state index contributed by atoms with van der Waals surface area (Å²) in [4.78, 5) is 14.2. The first-order valence-corrected chi connectivity index (χ1v) is 8.75. The van der Waals surface area contributed by atoms with Gasteiger partial charge in [-0.25, -0.2) is 0 Å². The monoisotopic (exact) mass is 319 g/mol. The van der Waals surface area contributed by atoms with E-state index in [2.05, 4.69) is 24.0 Å². The maximum absolute atomic E-state index is 11.8. The number of piperidine rings is 1. The molecule has 0 saturated carbocycles. The number of ether oxygens (including phenoxy) is 1. The van der Waals surface area contributed by atoms with E-state index < -0.39 is 0 Å². The lowest BCUT2D eigenvalue weighted by molar-refractivity contribution is -0.145. The molecule has 1 saturated heterocycles. The number of benzene rings is 1. The molecule has 1 aromatic rings. The van der Waals surface area contributed by atoms with Crippen molar-refractivity contribution in [2.75, 3.05) is 26.3 Å². The fraction of sp³-hybridized carbons (Fsp3) is 0.632. The highest BCUT2D eigenvalue weighted by atomic mass is 16.5. The van der Waals surface area contributed by atoms with E-state index >= 15 is 0 Å². The smallest absolute Gasteiger partial charge is 0.306 e. The van der Waals surface area contributed by atoms with Gasteiger partial charge in [0.15, 0.2) is 0 Å². The van der Waals surface area contributed by atoms with E-state index in [0.717, 1.165) is 31.5 Å². The zero-order valence-electron chi connectivity index (χ0n) is 14.3. The Kier molecular flexibility index (Phi) is 7.06. The minimum atomic E-state index is -0.0776. The third kappa shape index (κ3) is 4.79. The fourth-order valence-corrected chi connectivity index (χ4v) is 3.66. The third-order valence-electron chi connectivity index (χ3n) is 4.98. The van der Waals surface area contributed by atoms with Gasteiger partial charge in [0.05, 0.1) is 19.3 Å². The number of aliphatic hydroxyl groups is 1. The highest BCUT2D eigenvalue weighted by Crippen LogP contribution is 2.33. The number of carbonyl (C=O) groups is 1. The molecule has 0 unspecified atom stereocenters. The molecule has 128 valence electrons. The van der Waals surface area contributed by atoms with Crippen molar-refractivity contribution in [3.63, 3.8) is 0 Å². The molecule has 1 N–H and O–H groups in total. The summed E-state index contributed by atoms with van der Waals surface area (Å²) in [5, 5.41) is 9.86. The van der Waals surface area contributed by atoms with Gasteiger partial charge in [-0.05, 0) is 37.3 Å². The Bertz CT molecular complexity index is 477. The van der Waals surface area contributed by atoms with Crippen LogP contribution in [0.3, 0.4) is 0 Å². The van der Waals surface area contributed by atoms with Crippen LogP contribution in [0.25, 0.3) is 0 Å². The normalized spacial score (nSPS) is 23.4. The van der Waals surface area contributed by atoms with Crippen molar-refractivity contribution in [2.45, 2.75) is 39.2 Å². The van der Waals surface area contributed by atoms with Crippen LogP contribution in [-0.2, 0) is 9.53 Å². The van der Waals surface area contributed by atoms with Crippen molar-refractivity contribution in [1.29, 1.82) is 0 Å². The van der Waals surface area contributed by atoms with Crippen LogP contribution in [0.2, 0.25) is 0 Å². The van der Waals surface area contributed by atoms with E-state index in [1.165, 1.54) is 0 Å². The van der Waals surface area contributed by atoms with E-state index in [9.17, 15) is 9.90 Å². The highest BCUT2D eigenvalue weighted by molar-refractivity contribution is 5.69. The number of aliphatic hydroxyl groups excluding tert-OH is 1. The number of nitrogens with zero attached hydrogens (tertiary/aromatic N) is 1. The molecule has 3 atom stereocenters. The maximum atomic E-state index is 11.8. The summed E-state index contributed by atoms with van der Waals surface area (Å²) >= 11 is 0. The number of hydrogen-bond acceptors (Lipinski definition) is 4. The minimum absolute atomic E-state index is 0.0498. The van der Waals surface area contributed by atoms with Gasteiger partial charge in [-0.1, -0.05) is 43.7 Å². The van der Waals surface area contributed by atoms with Crippen LogP contribution in [-0.4, -0.2) is 42.3 Å². The Morgan fingerprint density at radius 2 is 2.04 bits per heavy atom. The molecule has 0 aliphatic carbocycles. The maximum Gasteiger partial charge on any atom is 0.306 e. The van der Waals surface area contributed by atoms with Gasteiger partial charge in [0.1, 0.15) is 0 Å². The molecule has 1 heterocycles. The summed E-state index contributed by atoms with van der Waals surface area (Å²) in [6.45, 7) is 6.46. The van der Waals surface area contributed by atoms with E-state index in [1.54, 1.807) is 0 Å². The first-order chi connectivity index (χ1) is 11.2. The quantitative estimate of drug-likeness (QED) is 0.785. The lowest BCUT2D eigenvalue weighted by atomic mass is 9.81. The van der Waals surface area contributed by atoms with Gasteiger partial charge in [-0.2, -0.15) is 0 Å². The van der Waals surface area contributed by atoms with Crippen LogP contribution in [0.15, 0.2) is 30.3 Å². The lowest BCUT2D eigenvalue weighted by Crippen LogP contribution is -2.44. The Balaban J connectivity index is 2.01. The zero-order valence-corrected chi connectivity index (χ0v) is 14.3. The highest BCUT2D eigenvalue weighted by Gasteiger charge is 2.33. The second-order valence-corrected chi connectivity index (χ2v) is 6.33. The van der Waals surface area contributed by atoms with Gasteiger partial charge in [0.2, 0.25) is 0 Å². The van der Waals surface area contributed by atoms with Crippen LogP contribution in [0.1, 0.15) is 44.7 Å². The van der Waals surface area contributed by atoms with E-state index in [0.29, 0.717) is 24.9 Å². The fourth-order valence-electron chi connectivity index (χ4n) is 3.66. The van der Waals surface area contributed by atoms with Crippen LogP contribution in [0.4, 0.5) is 0 Å². The Hall–Kier alpha value is -1.39. The number of rotatable bonds is 7. The number of likely N-dealkylation sites (tertiary alicyclic amines) is 1. The standard InChI is InChI=1S/C19H29NO3/c1-3-15-13-20(11-10-17(15)12-19(22)23-4-2)18(14-21)16-8-6-5-7-9-16/h5-9,15,17-18,21H,3-4,10-14H2,1-2H3/t15-,17+,18+/m1/s1. The summed E-state index contributed by atoms with van der Waals surface area (Å²) in [6.07, 6.45) is 2.56. The Morgan fingerprint density at radius 3 is 2.65 bits per heavy atom. The summed E-state index contributed by atoms with van der Waals surface area (Å²) < 4.78 is 5.11. The SMILES string of the molecule is CCOC(=O)C[C@@H]1CCN([C@@H](CO)c2ccccc2)C[C@H]1CC. The summed E-state index contributed by atoms with van der Waals surface area (Å²) in [7, 11) is 0. The molecule has 1 aliphatic heterocycles. The molecule has 0 bridgehead atoms. The van der Waals surface area contributed by atoms with Gasteiger partial charge in [0, 0.05) is 13.0 Å². The number of hydrogen-bond donors (Lipinski definition) is 1. The molecule has 0 radical (unpaired) electrons. The molecule has 4 heteroatoms. The second kappa shape index (κ2) is 9.04. The molecule has 1 fully saturated rings. The van der Waals surface area contributed by atoms with Crippen LogP contribution < -0.4 is 0 Å². The van der Waals surface area contributed by atoms with Crippen molar-refractivity contribution >= 4 is 5.97 Å². The summed E-state index contributed by atoms with van der Waals surface area (Å²) in [6, 6.07) is 10.2. The number of esters is 1. The first kappa shape index (κ1) is 18.0.